The molecule has 2 fully saturated rings. The summed E-state index contributed by atoms with van der Waals surface area (Å²) >= 11 is 0. The summed E-state index contributed by atoms with van der Waals surface area (Å²) in [5.41, 5.74) is 0. The molecule has 2 rings (SSSR count). The van der Waals surface area contributed by atoms with Gasteiger partial charge in [0.25, 0.3) is 0 Å². The monoisotopic (exact) mass is 724 g/mol. The zero-order valence-corrected chi connectivity index (χ0v) is 25.3. The lowest BCUT2D eigenvalue weighted by Crippen LogP contribution is -2.59. The van der Waals surface area contributed by atoms with Crippen LogP contribution in [-0.4, -0.2) is 253 Å². The van der Waals surface area contributed by atoms with Crippen molar-refractivity contribution < 1.29 is 122 Å². The van der Waals surface area contributed by atoms with Crippen molar-refractivity contribution in [3.63, 3.8) is 0 Å². The number of aliphatic hydroxyl groups is 18. The van der Waals surface area contributed by atoms with Gasteiger partial charge in [0.2, 0.25) is 0 Å². The van der Waals surface area contributed by atoms with Gasteiger partial charge in [0.05, 0.1) is 39.6 Å². The Balaban J connectivity index is 0. The second-order valence-corrected chi connectivity index (χ2v) is 10.7. The Morgan fingerprint density at radius 2 is 0.688 bits per heavy atom. The number of hydrogen-bond donors (Lipinski definition) is 18. The molecule has 24 nitrogen and oxygen atoms in total. The van der Waals surface area contributed by atoms with E-state index in [2.05, 4.69) is 0 Å². The highest BCUT2D eigenvalue weighted by atomic mass is 16.7. The molecule has 2 heterocycles. The third-order valence-electron chi connectivity index (χ3n) is 7.21. The maximum atomic E-state index is 9.70. The van der Waals surface area contributed by atoms with E-state index >= 15 is 0 Å². The minimum Gasteiger partial charge on any atom is -0.412 e. The summed E-state index contributed by atoms with van der Waals surface area (Å²) in [6, 6.07) is 0. The van der Waals surface area contributed by atoms with E-state index in [-0.39, 0.29) is 11.0 Å². The summed E-state index contributed by atoms with van der Waals surface area (Å²) in [7, 11) is 0. The van der Waals surface area contributed by atoms with Crippen LogP contribution in [0.4, 0.5) is 0 Å². The van der Waals surface area contributed by atoms with Gasteiger partial charge in [-0.15, -0.1) is 0 Å². The third-order valence-corrected chi connectivity index (χ3v) is 7.21. The summed E-state index contributed by atoms with van der Waals surface area (Å²) in [4.78, 5) is 0. The van der Waals surface area contributed by atoms with E-state index in [4.69, 9.17) is 39.4 Å². The van der Waals surface area contributed by atoms with Gasteiger partial charge in [-0.3, -0.25) is 0 Å². The molecule has 0 aromatic rings. The van der Waals surface area contributed by atoms with Crippen LogP contribution in [0.2, 0.25) is 0 Å². The molecule has 292 valence electrons. The molecule has 0 bridgehead atoms. The van der Waals surface area contributed by atoms with E-state index in [1.54, 1.807) is 0 Å². The van der Waals surface area contributed by atoms with Crippen LogP contribution in [0, 0.1) is 0 Å². The molecular weight excluding hydrogens is 672 g/mol. The highest BCUT2D eigenvalue weighted by Gasteiger charge is 2.46. The summed E-state index contributed by atoms with van der Waals surface area (Å²) in [5, 5.41) is 169. The SMILES string of the molecule is O.O.OCC1O[C@H](OC[C@@H](O)[C@@H](O)[C@H](O)[C@@H](O)CO)C(O)[C@H](O)[C@@H]1O.OCC1O[C@H](OC[C@@H](O)[C@@H](O)[C@H](O)[C@H](O)CO)C(O)[C@H](O)[C@@H]1O. The van der Waals surface area contributed by atoms with E-state index in [0.29, 0.717) is 0 Å². The maximum Gasteiger partial charge on any atom is 0.186 e. The number of rotatable bonds is 16. The number of hydrogen-bond acceptors (Lipinski definition) is 22. The second kappa shape index (κ2) is 23.5. The van der Waals surface area contributed by atoms with Crippen LogP contribution < -0.4 is 0 Å². The first-order valence-electron chi connectivity index (χ1n) is 14.0. The minimum absolute atomic E-state index is 0. The Morgan fingerprint density at radius 3 is 0.938 bits per heavy atom. The lowest BCUT2D eigenvalue weighted by atomic mass is 9.99. The first kappa shape index (κ1) is 49.2. The zero-order valence-electron chi connectivity index (χ0n) is 25.3. The quantitative estimate of drug-likeness (QED) is 0.0702. The van der Waals surface area contributed by atoms with Crippen LogP contribution in [0.5, 0.6) is 0 Å². The molecule has 18 atom stereocenters. The topological polar surface area (TPSA) is 464 Å². The van der Waals surface area contributed by atoms with Gasteiger partial charge in [0, 0.05) is 0 Å². The zero-order chi connectivity index (χ0) is 35.5. The Hall–Kier alpha value is -0.960. The smallest absolute Gasteiger partial charge is 0.186 e. The van der Waals surface area contributed by atoms with Gasteiger partial charge in [-0.25, -0.2) is 0 Å². The van der Waals surface area contributed by atoms with Crippen LogP contribution in [0.15, 0.2) is 0 Å². The van der Waals surface area contributed by atoms with Crippen LogP contribution >= 0.6 is 0 Å². The molecule has 22 N–H and O–H groups in total. The van der Waals surface area contributed by atoms with Crippen molar-refractivity contribution in [2.24, 2.45) is 0 Å². The molecule has 2 saturated heterocycles. The van der Waals surface area contributed by atoms with Gasteiger partial charge in [0.15, 0.2) is 12.6 Å². The van der Waals surface area contributed by atoms with Gasteiger partial charge in [-0.1, -0.05) is 0 Å². The molecule has 0 spiro atoms. The largest absolute Gasteiger partial charge is 0.412 e. The fourth-order valence-corrected chi connectivity index (χ4v) is 4.12. The summed E-state index contributed by atoms with van der Waals surface area (Å²) in [6.07, 6.45) is -29.4. The molecule has 48 heavy (non-hydrogen) atoms. The molecular formula is C24H52O24. The summed E-state index contributed by atoms with van der Waals surface area (Å²) < 4.78 is 20.0. The van der Waals surface area contributed by atoms with Gasteiger partial charge in [-0.05, 0) is 0 Å². The van der Waals surface area contributed by atoms with Crippen molar-refractivity contribution >= 4 is 0 Å². The summed E-state index contributed by atoms with van der Waals surface area (Å²) in [6.45, 7) is -4.32. The van der Waals surface area contributed by atoms with Crippen molar-refractivity contribution in [2.45, 2.75) is 110 Å². The third kappa shape index (κ3) is 13.3. The molecule has 0 aliphatic carbocycles. The standard InChI is InChI=1S/2C12H24O11.2H2O/c2*13-1-4(15)7(17)8(18)5(16)3-22-12-11(21)10(20)9(19)6(2-14)23-12;;/h2*4-21H,1-3H2;2*1H2/t4-,5+,6?,7+,8+,9+,10+,11?,12-;4-,5-,6?,7-,8-,9-,10-,11?,12+;;/m01../s1. The highest BCUT2D eigenvalue weighted by molar-refractivity contribution is 4.90. The van der Waals surface area contributed by atoms with Crippen molar-refractivity contribution in [2.75, 3.05) is 39.6 Å². The fourth-order valence-electron chi connectivity index (χ4n) is 4.12. The predicted molar refractivity (Wildman–Crippen MR) is 149 cm³/mol. The fraction of sp³-hybridized carbons (Fsp3) is 1.00. The molecule has 0 amide bonds. The molecule has 0 saturated carbocycles. The van der Waals surface area contributed by atoms with Crippen molar-refractivity contribution in [1.82, 2.24) is 0 Å². The van der Waals surface area contributed by atoms with Crippen LogP contribution in [-0.2, 0) is 18.9 Å². The Bertz CT molecular complexity index is 748. The van der Waals surface area contributed by atoms with Gasteiger partial charge >= 0.3 is 0 Å². The molecule has 24 heteroatoms. The lowest BCUT2D eigenvalue weighted by Gasteiger charge is -2.40. The second-order valence-electron chi connectivity index (χ2n) is 10.7. The van der Waals surface area contributed by atoms with Gasteiger partial charge < -0.3 is 122 Å². The number of aliphatic hydroxyl groups excluding tert-OH is 18. The van der Waals surface area contributed by atoms with E-state index in [0.717, 1.165) is 0 Å². The molecule has 4 unspecified atom stereocenters. The lowest BCUT2D eigenvalue weighted by molar-refractivity contribution is -0.306. The minimum atomic E-state index is -1.86. The van der Waals surface area contributed by atoms with Crippen molar-refractivity contribution in [1.29, 1.82) is 0 Å². The maximum absolute atomic E-state index is 9.70. The van der Waals surface area contributed by atoms with Crippen molar-refractivity contribution in [3.8, 4) is 0 Å². The van der Waals surface area contributed by atoms with Gasteiger partial charge in [-0.2, -0.15) is 0 Å². The van der Waals surface area contributed by atoms with E-state index < -0.39 is 150 Å². The van der Waals surface area contributed by atoms with Gasteiger partial charge in [0.1, 0.15) is 97.7 Å². The first-order chi connectivity index (χ1) is 21.5. The van der Waals surface area contributed by atoms with Crippen LogP contribution in [0.3, 0.4) is 0 Å². The Labute approximate surface area is 272 Å². The molecule has 2 aliphatic heterocycles. The Morgan fingerprint density at radius 1 is 0.417 bits per heavy atom. The first-order valence-corrected chi connectivity index (χ1v) is 14.0. The summed E-state index contributed by atoms with van der Waals surface area (Å²) in [5.74, 6) is 0. The van der Waals surface area contributed by atoms with Crippen molar-refractivity contribution in [3.05, 3.63) is 0 Å². The highest BCUT2D eigenvalue weighted by Crippen LogP contribution is 2.23. The van der Waals surface area contributed by atoms with E-state index in [1.165, 1.54) is 0 Å². The van der Waals surface area contributed by atoms with Crippen LogP contribution in [0.1, 0.15) is 0 Å². The number of ether oxygens (including phenoxy) is 4. The van der Waals surface area contributed by atoms with E-state index in [9.17, 15) is 71.5 Å². The molecule has 2 aliphatic rings. The molecule has 0 aromatic heterocycles. The normalized spacial score (nSPS) is 35.6. The van der Waals surface area contributed by atoms with E-state index in [1.807, 2.05) is 0 Å². The molecule has 0 radical (unpaired) electrons. The van der Waals surface area contributed by atoms with Crippen LogP contribution in [0.25, 0.3) is 0 Å². The average Bonchev–Trinajstić information content (AvgIpc) is 3.06. The predicted octanol–water partition coefficient (Wildman–Crippen LogP) is -13.2. The Kier molecular flexibility index (Phi) is 24.1. The molecule has 0 aromatic carbocycles. The average molecular weight is 725 g/mol.